The van der Waals surface area contributed by atoms with Gasteiger partial charge in [-0.25, -0.2) is 0 Å². The summed E-state index contributed by atoms with van der Waals surface area (Å²) < 4.78 is 6.02. The molecule has 1 aliphatic rings. The first-order chi connectivity index (χ1) is 14.1. The van der Waals surface area contributed by atoms with Gasteiger partial charge < -0.3 is 10.1 Å². The van der Waals surface area contributed by atoms with E-state index >= 15 is 0 Å². The molecule has 1 aliphatic heterocycles. The number of para-hydroxylation sites is 1. The molecule has 0 atom stereocenters. The van der Waals surface area contributed by atoms with E-state index in [9.17, 15) is 10.1 Å². The first-order valence-electron chi connectivity index (χ1n) is 10.7. The summed E-state index contributed by atoms with van der Waals surface area (Å²) in [4.78, 5) is 13.1. The first kappa shape index (κ1) is 22.1. The predicted molar refractivity (Wildman–Crippen MR) is 120 cm³/mol. The van der Waals surface area contributed by atoms with Crippen LogP contribution >= 0.6 is 0 Å². The fourth-order valence-corrected chi connectivity index (χ4v) is 4.95. The van der Waals surface area contributed by atoms with Crippen LogP contribution < -0.4 is 10.1 Å². The molecular weight excluding hydrogens is 372 g/mol. The molecule has 0 bridgehead atoms. The molecule has 0 amide bonds. The quantitative estimate of drug-likeness (QED) is 0.596. The number of ether oxygens (including phenoxy) is 1. The fourth-order valence-electron chi connectivity index (χ4n) is 4.95. The summed E-state index contributed by atoms with van der Waals surface area (Å²) in [6, 6.07) is 15.0. The molecule has 4 nitrogen and oxygen atoms in total. The molecule has 0 aliphatic carbocycles. The van der Waals surface area contributed by atoms with E-state index in [-0.39, 0.29) is 16.9 Å². The summed E-state index contributed by atoms with van der Waals surface area (Å²) in [6.45, 7) is 10.9. The van der Waals surface area contributed by atoms with Crippen LogP contribution in [0.1, 0.15) is 75.4 Å². The summed E-state index contributed by atoms with van der Waals surface area (Å²) in [6.07, 6.45) is 3.30. The Hall–Kier alpha value is -2.64. The lowest BCUT2D eigenvalue weighted by atomic mass is 9.74. The smallest absolute Gasteiger partial charge is 0.163 e. The number of carbonyl (C=O) groups excluding carboxylic acids is 1. The number of piperidine rings is 1. The van der Waals surface area contributed by atoms with Crippen molar-refractivity contribution in [3.63, 3.8) is 0 Å². The van der Waals surface area contributed by atoms with E-state index in [1.54, 1.807) is 12.1 Å². The topological polar surface area (TPSA) is 62.1 Å². The number of hydrogen-bond acceptors (Lipinski definition) is 4. The standard InChI is InChI=1S/C26H32N2O2/c1-6-19-14-20(11-12-24(19)30-23-10-8-7-9-21(23)17-27)22(29)13-18-15-25(2,3)28-26(4,5)16-18/h7-12,14,18,28H,6,13,15-16H2,1-5H3. The number of nitrogens with one attached hydrogen (secondary N) is 1. The number of ketones is 1. The highest BCUT2D eigenvalue weighted by atomic mass is 16.5. The van der Waals surface area contributed by atoms with Crippen molar-refractivity contribution in [1.29, 1.82) is 5.26 Å². The van der Waals surface area contributed by atoms with Crippen LogP contribution in [-0.2, 0) is 6.42 Å². The van der Waals surface area contributed by atoms with Gasteiger partial charge in [0.25, 0.3) is 0 Å². The van der Waals surface area contributed by atoms with Crippen LogP contribution in [0.25, 0.3) is 0 Å². The first-order valence-corrected chi connectivity index (χ1v) is 10.7. The highest BCUT2D eigenvalue weighted by Gasteiger charge is 2.38. The van der Waals surface area contributed by atoms with Crippen LogP contribution in [0.3, 0.4) is 0 Å². The molecule has 1 saturated heterocycles. The van der Waals surface area contributed by atoms with Gasteiger partial charge in [0.15, 0.2) is 5.78 Å². The second-order valence-electron chi connectivity index (χ2n) is 9.68. The Kier molecular flexibility index (Phi) is 6.33. The summed E-state index contributed by atoms with van der Waals surface area (Å²) in [5.41, 5.74) is 2.28. The number of nitriles is 1. The van der Waals surface area contributed by atoms with Gasteiger partial charge in [-0.2, -0.15) is 5.26 Å². The maximum Gasteiger partial charge on any atom is 0.163 e. The van der Waals surface area contributed by atoms with Gasteiger partial charge in [0.1, 0.15) is 17.6 Å². The van der Waals surface area contributed by atoms with Crippen LogP contribution in [0, 0.1) is 17.2 Å². The van der Waals surface area contributed by atoms with Crippen molar-refractivity contribution >= 4 is 5.78 Å². The summed E-state index contributed by atoms with van der Waals surface area (Å²) >= 11 is 0. The number of aryl methyl sites for hydroxylation is 1. The molecule has 3 rings (SSSR count). The zero-order valence-corrected chi connectivity index (χ0v) is 18.7. The highest BCUT2D eigenvalue weighted by Crippen LogP contribution is 2.36. The third-order valence-corrected chi connectivity index (χ3v) is 5.74. The number of nitrogens with zero attached hydrogens (tertiary/aromatic N) is 1. The van der Waals surface area contributed by atoms with Gasteiger partial charge in [-0.3, -0.25) is 4.79 Å². The summed E-state index contributed by atoms with van der Waals surface area (Å²) in [5.74, 6) is 1.79. The van der Waals surface area contributed by atoms with E-state index in [1.165, 1.54) is 0 Å². The van der Waals surface area contributed by atoms with E-state index in [1.807, 2.05) is 37.3 Å². The number of hydrogen-bond donors (Lipinski definition) is 1. The molecule has 2 aromatic carbocycles. The Balaban J connectivity index is 1.77. The van der Waals surface area contributed by atoms with Gasteiger partial charge in [-0.15, -0.1) is 0 Å². The van der Waals surface area contributed by atoms with Crippen molar-refractivity contribution in [2.24, 2.45) is 5.92 Å². The van der Waals surface area contributed by atoms with Crippen molar-refractivity contribution in [1.82, 2.24) is 5.32 Å². The molecule has 158 valence electrons. The van der Waals surface area contributed by atoms with Gasteiger partial charge in [0, 0.05) is 23.1 Å². The molecule has 0 spiro atoms. The minimum absolute atomic E-state index is 0.0348. The number of rotatable bonds is 6. The largest absolute Gasteiger partial charge is 0.456 e. The average Bonchev–Trinajstić information content (AvgIpc) is 2.66. The second-order valence-corrected chi connectivity index (χ2v) is 9.68. The maximum atomic E-state index is 13.1. The minimum atomic E-state index is 0.0348. The van der Waals surface area contributed by atoms with Crippen LogP contribution in [0.5, 0.6) is 11.5 Å². The monoisotopic (exact) mass is 404 g/mol. The molecule has 0 saturated carbocycles. The fraction of sp³-hybridized carbons (Fsp3) is 0.462. The second kappa shape index (κ2) is 8.62. The molecule has 1 fully saturated rings. The third kappa shape index (κ3) is 5.29. The van der Waals surface area contributed by atoms with Gasteiger partial charge in [-0.05, 0) is 88.8 Å². The molecule has 0 unspecified atom stereocenters. The number of benzene rings is 2. The van der Waals surface area contributed by atoms with Crippen LogP contribution in [0.4, 0.5) is 0 Å². The van der Waals surface area contributed by atoms with Crippen molar-refractivity contribution in [3.8, 4) is 17.6 Å². The molecule has 4 heteroatoms. The Bertz CT molecular complexity index is 953. The summed E-state index contributed by atoms with van der Waals surface area (Å²) in [5, 5.41) is 13.0. The third-order valence-electron chi connectivity index (χ3n) is 5.74. The molecule has 2 aromatic rings. The van der Waals surface area contributed by atoms with Gasteiger partial charge in [0.2, 0.25) is 0 Å². The Morgan fingerprint density at radius 3 is 2.40 bits per heavy atom. The van der Waals surface area contributed by atoms with E-state index in [4.69, 9.17) is 4.74 Å². The maximum absolute atomic E-state index is 13.1. The lowest BCUT2D eigenvalue weighted by molar-refractivity contribution is 0.0864. The van der Waals surface area contributed by atoms with Crippen molar-refractivity contribution in [3.05, 3.63) is 59.2 Å². The molecule has 30 heavy (non-hydrogen) atoms. The zero-order chi connectivity index (χ0) is 21.9. The lowest BCUT2D eigenvalue weighted by Gasteiger charge is -2.46. The van der Waals surface area contributed by atoms with Gasteiger partial charge in [0.05, 0.1) is 5.56 Å². The van der Waals surface area contributed by atoms with E-state index in [0.29, 0.717) is 29.4 Å². The van der Waals surface area contributed by atoms with E-state index < -0.39 is 0 Å². The minimum Gasteiger partial charge on any atom is -0.456 e. The predicted octanol–water partition coefficient (Wildman–Crippen LogP) is 6.04. The van der Waals surface area contributed by atoms with Gasteiger partial charge >= 0.3 is 0 Å². The van der Waals surface area contributed by atoms with Crippen molar-refractivity contribution in [2.45, 2.75) is 71.4 Å². The SMILES string of the molecule is CCc1cc(C(=O)CC2CC(C)(C)NC(C)(C)C2)ccc1Oc1ccccc1C#N. The normalized spacial score (nSPS) is 17.9. The van der Waals surface area contributed by atoms with Crippen LogP contribution in [-0.4, -0.2) is 16.9 Å². The summed E-state index contributed by atoms with van der Waals surface area (Å²) in [7, 11) is 0. The number of Topliss-reactive ketones (excluding diaryl/α,β-unsaturated/α-hetero) is 1. The van der Waals surface area contributed by atoms with E-state index in [2.05, 4.69) is 39.1 Å². The molecule has 0 radical (unpaired) electrons. The van der Waals surface area contributed by atoms with Crippen LogP contribution in [0.15, 0.2) is 42.5 Å². The van der Waals surface area contributed by atoms with Crippen molar-refractivity contribution < 1.29 is 9.53 Å². The average molecular weight is 405 g/mol. The van der Waals surface area contributed by atoms with E-state index in [0.717, 1.165) is 30.4 Å². The number of carbonyl (C=O) groups is 1. The van der Waals surface area contributed by atoms with Gasteiger partial charge in [-0.1, -0.05) is 19.1 Å². The molecule has 1 heterocycles. The Labute approximate surface area is 180 Å². The van der Waals surface area contributed by atoms with Crippen molar-refractivity contribution in [2.75, 3.05) is 0 Å². The zero-order valence-electron chi connectivity index (χ0n) is 18.7. The van der Waals surface area contributed by atoms with Crippen LogP contribution in [0.2, 0.25) is 0 Å². The Morgan fingerprint density at radius 1 is 1.10 bits per heavy atom. The Morgan fingerprint density at radius 2 is 1.77 bits per heavy atom. The molecule has 1 N–H and O–H groups in total. The highest BCUT2D eigenvalue weighted by molar-refractivity contribution is 5.96. The lowest BCUT2D eigenvalue weighted by Crippen LogP contribution is -2.57. The molecular formula is C26H32N2O2. The molecule has 0 aromatic heterocycles.